The fraction of sp³-hybridized carbons (Fsp3) is 0.619. The Balaban J connectivity index is 2.36. The van der Waals surface area contributed by atoms with Gasteiger partial charge in [-0.05, 0) is 55.7 Å². The molecule has 0 aliphatic carbocycles. The highest BCUT2D eigenvalue weighted by Crippen LogP contribution is 2.15. The fourth-order valence-electron chi connectivity index (χ4n) is 2.77. The molecule has 1 atom stereocenters. The summed E-state index contributed by atoms with van der Waals surface area (Å²) in [5.41, 5.74) is 2.48. The third-order valence-electron chi connectivity index (χ3n) is 4.38. The van der Waals surface area contributed by atoms with Gasteiger partial charge in [-0.25, -0.2) is 0 Å². The van der Waals surface area contributed by atoms with Crippen LogP contribution in [0.4, 0.5) is 0 Å². The third-order valence-corrected chi connectivity index (χ3v) is 4.38. The highest BCUT2D eigenvalue weighted by Gasteiger charge is 2.07. The van der Waals surface area contributed by atoms with Crippen molar-refractivity contribution >= 4 is 5.97 Å². The minimum absolute atomic E-state index is 0.152. The molecule has 0 fully saturated rings. The number of rotatable bonds is 13. The van der Waals surface area contributed by atoms with Crippen molar-refractivity contribution in [2.75, 3.05) is 7.11 Å². The summed E-state index contributed by atoms with van der Waals surface area (Å²) in [5.74, 6) is -0.152. The first-order chi connectivity index (χ1) is 12.2. The van der Waals surface area contributed by atoms with Crippen LogP contribution in [0.5, 0.6) is 0 Å². The molecule has 1 aromatic heterocycles. The number of aromatic nitrogens is 1. The van der Waals surface area contributed by atoms with Gasteiger partial charge in [0.25, 0.3) is 0 Å². The average Bonchev–Trinajstić information content (AvgIpc) is 2.63. The number of esters is 1. The van der Waals surface area contributed by atoms with Crippen molar-refractivity contribution in [3.63, 3.8) is 0 Å². The lowest BCUT2D eigenvalue weighted by molar-refractivity contribution is -0.140. The van der Waals surface area contributed by atoms with E-state index in [9.17, 15) is 9.90 Å². The van der Waals surface area contributed by atoms with Crippen LogP contribution >= 0.6 is 0 Å². The molecule has 25 heavy (non-hydrogen) atoms. The summed E-state index contributed by atoms with van der Waals surface area (Å²) < 4.78 is 4.63. The van der Waals surface area contributed by atoms with Crippen LogP contribution in [0.25, 0.3) is 0 Å². The number of aliphatic hydroxyl groups excluding tert-OH is 1. The van der Waals surface area contributed by atoms with Crippen LogP contribution in [-0.2, 0) is 22.4 Å². The number of hydrogen-bond acceptors (Lipinski definition) is 4. The van der Waals surface area contributed by atoms with Gasteiger partial charge in [-0.3, -0.25) is 9.78 Å². The first-order valence-electron chi connectivity index (χ1n) is 9.49. The van der Waals surface area contributed by atoms with Crippen LogP contribution in [0.2, 0.25) is 0 Å². The minimum Gasteiger partial charge on any atom is -0.469 e. The lowest BCUT2D eigenvalue weighted by Gasteiger charge is -2.12. The Bertz CT molecular complexity index is 514. The van der Waals surface area contributed by atoms with E-state index in [4.69, 9.17) is 0 Å². The van der Waals surface area contributed by atoms with E-state index in [1.807, 2.05) is 12.4 Å². The number of allylic oxidation sites excluding steroid dienone is 2. The number of methoxy groups -OCH3 is 1. The molecule has 4 heteroatoms. The summed E-state index contributed by atoms with van der Waals surface area (Å²) in [4.78, 5) is 15.3. The average molecular weight is 347 g/mol. The Morgan fingerprint density at radius 3 is 2.84 bits per heavy atom. The van der Waals surface area contributed by atoms with E-state index >= 15 is 0 Å². The van der Waals surface area contributed by atoms with Crippen molar-refractivity contribution < 1.29 is 14.6 Å². The van der Waals surface area contributed by atoms with Gasteiger partial charge in [-0.1, -0.05) is 38.3 Å². The molecular weight excluding hydrogens is 314 g/mol. The van der Waals surface area contributed by atoms with E-state index in [2.05, 4.69) is 34.9 Å². The summed E-state index contributed by atoms with van der Waals surface area (Å²) in [6.07, 6.45) is 16.9. The first kappa shape index (κ1) is 21.4. The number of carbonyl (C=O) groups excluding carboxylic acids is 1. The van der Waals surface area contributed by atoms with Gasteiger partial charge >= 0.3 is 5.97 Å². The van der Waals surface area contributed by atoms with Gasteiger partial charge in [-0.15, -0.1) is 0 Å². The Kier molecular flexibility index (Phi) is 11.6. The molecule has 0 amide bonds. The molecule has 0 aromatic carbocycles. The number of unbranched alkanes of at least 4 members (excludes halogenated alkanes) is 3. The molecule has 1 heterocycles. The topological polar surface area (TPSA) is 59.4 Å². The fourth-order valence-corrected chi connectivity index (χ4v) is 2.77. The Labute approximate surface area is 152 Å². The summed E-state index contributed by atoms with van der Waals surface area (Å²) in [6.45, 7) is 2.18. The second-order valence-corrected chi connectivity index (χ2v) is 6.48. The van der Waals surface area contributed by atoms with Crippen molar-refractivity contribution in [3.8, 4) is 0 Å². The smallest absolute Gasteiger partial charge is 0.305 e. The molecule has 0 saturated heterocycles. The van der Waals surface area contributed by atoms with Crippen molar-refractivity contribution in [1.29, 1.82) is 0 Å². The molecule has 0 bridgehead atoms. The lowest BCUT2D eigenvalue weighted by Crippen LogP contribution is -2.08. The Morgan fingerprint density at radius 1 is 1.24 bits per heavy atom. The molecule has 0 aliphatic heterocycles. The monoisotopic (exact) mass is 347 g/mol. The first-order valence-corrected chi connectivity index (χ1v) is 9.49. The number of nitrogens with zero attached hydrogens (tertiary/aromatic N) is 1. The molecule has 1 N–H and O–H groups in total. The largest absolute Gasteiger partial charge is 0.469 e. The number of aryl methyl sites for hydroxylation is 1. The van der Waals surface area contributed by atoms with E-state index < -0.39 is 0 Å². The second-order valence-electron chi connectivity index (χ2n) is 6.48. The van der Waals surface area contributed by atoms with Gasteiger partial charge in [0.2, 0.25) is 0 Å². The van der Waals surface area contributed by atoms with Crippen LogP contribution in [0.3, 0.4) is 0 Å². The summed E-state index contributed by atoms with van der Waals surface area (Å²) in [7, 11) is 1.42. The van der Waals surface area contributed by atoms with Gasteiger partial charge in [0.05, 0.1) is 13.2 Å². The zero-order valence-electron chi connectivity index (χ0n) is 15.7. The highest BCUT2D eigenvalue weighted by molar-refractivity contribution is 5.69. The molecule has 1 aromatic rings. The second kappa shape index (κ2) is 13.6. The predicted octanol–water partition coefficient (Wildman–Crippen LogP) is 4.40. The summed E-state index contributed by atoms with van der Waals surface area (Å²) >= 11 is 0. The summed E-state index contributed by atoms with van der Waals surface area (Å²) in [6, 6.07) is 2.05. The third kappa shape index (κ3) is 10.0. The number of carbonyl (C=O) groups is 1. The molecule has 0 aliphatic rings. The van der Waals surface area contributed by atoms with Gasteiger partial charge in [0.15, 0.2) is 0 Å². The van der Waals surface area contributed by atoms with E-state index in [-0.39, 0.29) is 12.1 Å². The quantitative estimate of drug-likeness (QED) is 0.326. The summed E-state index contributed by atoms with van der Waals surface area (Å²) in [5, 5.41) is 10.1. The van der Waals surface area contributed by atoms with E-state index in [1.165, 1.54) is 31.1 Å². The van der Waals surface area contributed by atoms with E-state index in [0.717, 1.165) is 44.9 Å². The number of pyridine rings is 1. The van der Waals surface area contributed by atoms with Gasteiger partial charge < -0.3 is 9.84 Å². The zero-order valence-corrected chi connectivity index (χ0v) is 15.7. The predicted molar refractivity (Wildman–Crippen MR) is 101 cm³/mol. The minimum atomic E-state index is -0.207. The molecule has 140 valence electrons. The maximum absolute atomic E-state index is 11.0. The van der Waals surface area contributed by atoms with Gasteiger partial charge in [-0.2, -0.15) is 0 Å². The number of ether oxygens (including phenoxy) is 1. The normalized spacial score (nSPS) is 12.4. The molecule has 1 unspecified atom stereocenters. The van der Waals surface area contributed by atoms with Crippen LogP contribution in [0.15, 0.2) is 30.6 Å². The SMILES string of the molecule is CCCCCC(O)CCc1ccncc1C/C=C/CCCC(=O)OC. The maximum atomic E-state index is 11.0. The van der Waals surface area contributed by atoms with Crippen molar-refractivity contribution in [2.24, 2.45) is 0 Å². The molecule has 0 saturated carbocycles. The van der Waals surface area contributed by atoms with Crippen molar-refractivity contribution in [2.45, 2.75) is 77.2 Å². The number of hydrogen-bond donors (Lipinski definition) is 1. The standard InChI is InChI=1S/C21H33NO3/c1-3-4-7-11-20(23)14-13-18-15-16-22-17-19(18)10-8-5-6-9-12-21(24)25-2/h5,8,15-17,20,23H,3-4,6-7,9-14H2,1-2H3/b8-5+. The Morgan fingerprint density at radius 2 is 2.08 bits per heavy atom. The van der Waals surface area contributed by atoms with Crippen LogP contribution in [0.1, 0.15) is 69.4 Å². The molecular formula is C21H33NO3. The molecule has 1 rings (SSSR count). The van der Waals surface area contributed by atoms with Crippen molar-refractivity contribution in [1.82, 2.24) is 4.98 Å². The van der Waals surface area contributed by atoms with E-state index in [0.29, 0.717) is 6.42 Å². The molecule has 0 radical (unpaired) electrons. The Hall–Kier alpha value is -1.68. The highest BCUT2D eigenvalue weighted by atomic mass is 16.5. The van der Waals surface area contributed by atoms with E-state index in [1.54, 1.807) is 0 Å². The van der Waals surface area contributed by atoms with Gasteiger partial charge in [0, 0.05) is 18.8 Å². The molecule has 4 nitrogen and oxygen atoms in total. The zero-order chi connectivity index (χ0) is 18.3. The van der Waals surface area contributed by atoms with Gasteiger partial charge in [0.1, 0.15) is 0 Å². The maximum Gasteiger partial charge on any atom is 0.305 e. The van der Waals surface area contributed by atoms with Crippen molar-refractivity contribution in [3.05, 3.63) is 41.7 Å². The van der Waals surface area contributed by atoms with Crippen LogP contribution in [0, 0.1) is 0 Å². The van der Waals surface area contributed by atoms with Crippen LogP contribution < -0.4 is 0 Å². The lowest BCUT2D eigenvalue weighted by atomic mass is 9.99. The number of aliphatic hydroxyl groups is 1. The van der Waals surface area contributed by atoms with Crippen LogP contribution in [-0.4, -0.2) is 29.3 Å². The molecule has 0 spiro atoms.